The minimum Gasteiger partial charge on any atom is -0.381 e. The van der Waals surface area contributed by atoms with E-state index in [0.29, 0.717) is 5.92 Å². The van der Waals surface area contributed by atoms with Crippen LogP contribution in [0.15, 0.2) is 6.20 Å². The molecule has 0 saturated heterocycles. The van der Waals surface area contributed by atoms with Gasteiger partial charge in [0.15, 0.2) is 0 Å². The van der Waals surface area contributed by atoms with E-state index < -0.39 is 0 Å². The van der Waals surface area contributed by atoms with Gasteiger partial charge in [0.25, 0.3) is 0 Å². The van der Waals surface area contributed by atoms with Gasteiger partial charge in [-0.05, 0) is 30.9 Å². The molecule has 0 radical (unpaired) electrons. The highest BCUT2D eigenvalue weighted by Gasteiger charge is 2.01. The van der Waals surface area contributed by atoms with Crippen LogP contribution in [0.3, 0.4) is 0 Å². The number of hydrogen-bond donors (Lipinski definition) is 1. The number of aryl methyl sites for hydroxylation is 1. The molecule has 17 heavy (non-hydrogen) atoms. The Morgan fingerprint density at radius 2 is 2.24 bits per heavy atom. The Labute approximate surface area is 108 Å². The molecular weight excluding hydrogens is 238 g/mol. The molecule has 0 aliphatic rings. The van der Waals surface area contributed by atoms with E-state index in [-0.39, 0.29) is 5.28 Å². The van der Waals surface area contributed by atoms with Crippen molar-refractivity contribution in [1.82, 2.24) is 9.97 Å². The molecule has 0 aromatic carbocycles. The molecular formula is C12H20ClN3O. The largest absolute Gasteiger partial charge is 0.381 e. The first kappa shape index (κ1) is 14.2. The first-order valence-electron chi connectivity index (χ1n) is 5.90. The predicted molar refractivity (Wildman–Crippen MR) is 70.5 cm³/mol. The molecule has 0 aliphatic carbocycles. The lowest BCUT2D eigenvalue weighted by Gasteiger charge is -2.09. The number of anilines is 1. The third kappa shape index (κ3) is 5.84. The van der Waals surface area contributed by atoms with E-state index in [1.54, 1.807) is 6.20 Å². The van der Waals surface area contributed by atoms with E-state index in [9.17, 15) is 0 Å². The van der Waals surface area contributed by atoms with Crippen molar-refractivity contribution in [3.8, 4) is 0 Å². The summed E-state index contributed by atoms with van der Waals surface area (Å²) in [6.07, 6.45) is 2.67. The Hall–Kier alpha value is -0.870. The van der Waals surface area contributed by atoms with Crippen molar-refractivity contribution in [3.63, 3.8) is 0 Å². The standard InChI is InChI=1S/C12H20ClN3O/c1-9(2)8-17-6-4-5-14-11-10(3)7-15-12(13)16-11/h7,9H,4-6,8H2,1-3H3,(H,14,15,16). The summed E-state index contributed by atoms with van der Waals surface area (Å²) in [5.41, 5.74) is 0.998. The fraction of sp³-hybridized carbons (Fsp3) is 0.667. The normalized spacial score (nSPS) is 10.9. The van der Waals surface area contributed by atoms with Crippen molar-refractivity contribution in [1.29, 1.82) is 0 Å². The second kappa shape index (κ2) is 7.45. The highest BCUT2D eigenvalue weighted by molar-refractivity contribution is 6.28. The zero-order chi connectivity index (χ0) is 12.7. The Kier molecular flexibility index (Phi) is 6.22. The van der Waals surface area contributed by atoms with Crippen LogP contribution in [0.1, 0.15) is 25.8 Å². The van der Waals surface area contributed by atoms with Crippen LogP contribution in [0.25, 0.3) is 0 Å². The number of nitrogens with one attached hydrogen (secondary N) is 1. The van der Waals surface area contributed by atoms with Gasteiger partial charge >= 0.3 is 0 Å². The van der Waals surface area contributed by atoms with Crippen LogP contribution in [-0.4, -0.2) is 29.7 Å². The molecule has 0 atom stereocenters. The average molecular weight is 258 g/mol. The average Bonchev–Trinajstić information content (AvgIpc) is 2.27. The van der Waals surface area contributed by atoms with Crippen molar-refractivity contribution in [2.75, 3.05) is 25.1 Å². The zero-order valence-corrected chi connectivity index (χ0v) is 11.4. The molecule has 0 amide bonds. The molecule has 1 aromatic heterocycles. The van der Waals surface area contributed by atoms with Gasteiger partial charge in [-0.1, -0.05) is 13.8 Å². The molecule has 96 valence electrons. The molecule has 4 nitrogen and oxygen atoms in total. The van der Waals surface area contributed by atoms with Crippen LogP contribution >= 0.6 is 11.6 Å². The summed E-state index contributed by atoms with van der Waals surface area (Å²) < 4.78 is 5.49. The van der Waals surface area contributed by atoms with E-state index >= 15 is 0 Å². The van der Waals surface area contributed by atoms with Crippen molar-refractivity contribution >= 4 is 17.4 Å². The lowest BCUT2D eigenvalue weighted by molar-refractivity contribution is 0.110. The van der Waals surface area contributed by atoms with Gasteiger partial charge in [0.2, 0.25) is 5.28 Å². The van der Waals surface area contributed by atoms with Crippen molar-refractivity contribution < 1.29 is 4.74 Å². The van der Waals surface area contributed by atoms with Crippen molar-refractivity contribution in [2.45, 2.75) is 27.2 Å². The molecule has 1 aromatic rings. The predicted octanol–water partition coefficient (Wildman–Crippen LogP) is 2.91. The molecule has 0 aliphatic heterocycles. The summed E-state index contributed by atoms with van der Waals surface area (Å²) in [7, 11) is 0. The lowest BCUT2D eigenvalue weighted by atomic mass is 10.2. The van der Waals surface area contributed by atoms with Crippen LogP contribution in [0, 0.1) is 12.8 Å². The van der Waals surface area contributed by atoms with Gasteiger partial charge in [0.1, 0.15) is 5.82 Å². The molecule has 0 unspecified atom stereocenters. The number of aromatic nitrogens is 2. The SMILES string of the molecule is Cc1cnc(Cl)nc1NCCCOCC(C)C. The quantitative estimate of drug-likeness (QED) is 0.603. The van der Waals surface area contributed by atoms with Crippen molar-refractivity contribution in [2.24, 2.45) is 5.92 Å². The first-order valence-corrected chi connectivity index (χ1v) is 6.28. The molecule has 0 saturated carbocycles. The highest BCUT2D eigenvalue weighted by atomic mass is 35.5. The molecule has 1 heterocycles. The second-order valence-electron chi connectivity index (χ2n) is 4.42. The second-order valence-corrected chi connectivity index (χ2v) is 4.76. The lowest BCUT2D eigenvalue weighted by Crippen LogP contribution is -2.10. The summed E-state index contributed by atoms with van der Waals surface area (Å²) >= 11 is 5.73. The summed E-state index contributed by atoms with van der Waals surface area (Å²) in [6.45, 7) is 8.65. The van der Waals surface area contributed by atoms with E-state index in [2.05, 4.69) is 29.1 Å². The van der Waals surface area contributed by atoms with Crippen LogP contribution < -0.4 is 5.32 Å². The minimum absolute atomic E-state index is 0.272. The van der Waals surface area contributed by atoms with Crippen LogP contribution in [0.2, 0.25) is 5.28 Å². The number of hydrogen-bond acceptors (Lipinski definition) is 4. The fourth-order valence-electron chi connectivity index (χ4n) is 1.30. The third-order valence-corrected chi connectivity index (χ3v) is 2.33. The Morgan fingerprint density at radius 3 is 2.94 bits per heavy atom. The monoisotopic (exact) mass is 257 g/mol. The number of nitrogens with zero attached hydrogens (tertiary/aromatic N) is 2. The smallest absolute Gasteiger partial charge is 0.224 e. The van der Waals surface area contributed by atoms with Gasteiger partial charge in [0.05, 0.1) is 0 Å². The molecule has 0 bridgehead atoms. The third-order valence-electron chi connectivity index (χ3n) is 2.15. The summed E-state index contributed by atoms with van der Waals surface area (Å²) in [6, 6.07) is 0. The van der Waals surface area contributed by atoms with E-state index in [1.807, 2.05) is 6.92 Å². The van der Waals surface area contributed by atoms with Gasteiger partial charge in [-0.2, -0.15) is 0 Å². The van der Waals surface area contributed by atoms with Crippen LogP contribution in [0.4, 0.5) is 5.82 Å². The van der Waals surface area contributed by atoms with Gasteiger partial charge in [-0.25, -0.2) is 9.97 Å². The number of ether oxygens (including phenoxy) is 1. The van der Waals surface area contributed by atoms with Crippen LogP contribution in [0.5, 0.6) is 0 Å². The Morgan fingerprint density at radius 1 is 1.47 bits per heavy atom. The summed E-state index contributed by atoms with van der Waals surface area (Å²) in [4.78, 5) is 8.03. The Bertz CT molecular complexity index is 345. The highest BCUT2D eigenvalue weighted by Crippen LogP contribution is 2.12. The first-order chi connectivity index (χ1) is 8.09. The van der Waals surface area contributed by atoms with E-state index in [4.69, 9.17) is 16.3 Å². The van der Waals surface area contributed by atoms with Crippen molar-refractivity contribution in [3.05, 3.63) is 17.0 Å². The molecule has 1 N–H and O–H groups in total. The number of rotatable bonds is 7. The summed E-state index contributed by atoms with van der Waals surface area (Å²) in [5.74, 6) is 1.39. The molecule has 1 rings (SSSR count). The van der Waals surface area contributed by atoms with Gasteiger partial charge in [-0.15, -0.1) is 0 Å². The molecule has 0 spiro atoms. The topological polar surface area (TPSA) is 47.0 Å². The summed E-state index contributed by atoms with van der Waals surface area (Å²) in [5, 5.41) is 3.50. The molecule has 5 heteroatoms. The zero-order valence-electron chi connectivity index (χ0n) is 10.7. The number of halogens is 1. The van der Waals surface area contributed by atoms with Gasteiger partial charge in [-0.3, -0.25) is 0 Å². The van der Waals surface area contributed by atoms with E-state index in [0.717, 1.165) is 37.6 Å². The fourth-order valence-corrected chi connectivity index (χ4v) is 1.43. The maximum absolute atomic E-state index is 5.73. The minimum atomic E-state index is 0.272. The van der Waals surface area contributed by atoms with Gasteiger partial charge in [0, 0.05) is 31.5 Å². The Balaban J connectivity index is 2.20. The maximum Gasteiger partial charge on any atom is 0.224 e. The van der Waals surface area contributed by atoms with Gasteiger partial charge < -0.3 is 10.1 Å². The molecule has 0 fully saturated rings. The van der Waals surface area contributed by atoms with E-state index in [1.165, 1.54) is 0 Å². The van der Waals surface area contributed by atoms with Crippen LogP contribution in [-0.2, 0) is 4.74 Å². The maximum atomic E-state index is 5.73.